The Hall–Kier alpha value is -2.47. The van der Waals surface area contributed by atoms with Gasteiger partial charge in [-0.1, -0.05) is 12.1 Å². The molecular weight excluding hydrogens is 282 g/mol. The number of fused-ring (bicyclic) bond motifs is 1. The number of aryl methyl sites for hydroxylation is 2. The topological polar surface area (TPSA) is 30.3 Å². The normalized spacial score (nSPS) is 16.5. The fourth-order valence-electron chi connectivity index (χ4n) is 3.70. The van der Waals surface area contributed by atoms with E-state index in [2.05, 4.69) is 69.7 Å². The van der Waals surface area contributed by atoms with Gasteiger partial charge in [0.2, 0.25) is 0 Å². The van der Waals surface area contributed by atoms with E-state index in [9.17, 15) is 5.26 Å². The third-order valence-corrected chi connectivity index (χ3v) is 5.24. The molecule has 1 atom stereocenters. The van der Waals surface area contributed by atoms with Crippen LogP contribution in [0.3, 0.4) is 0 Å². The second kappa shape index (κ2) is 5.31. The monoisotopic (exact) mass is 305 g/mol. The van der Waals surface area contributed by atoms with Gasteiger partial charge in [0.25, 0.3) is 0 Å². The van der Waals surface area contributed by atoms with Crippen LogP contribution in [-0.4, -0.2) is 13.2 Å². The molecule has 3 heteroatoms. The summed E-state index contributed by atoms with van der Waals surface area (Å²) in [6, 6.07) is 10.6. The third kappa shape index (κ3) is 2.09. The molecular formula is C20H23N3. The lowest BCUT2D eigenvalue weighted by Crippen LogP contribution is -2.36. The van der Waals surface area contributed by atoms with Crippen molar-refractivity contribution < 1.29 is 0 Å². The Morgan fingerprint density at radius 3 is 2.35 bits per heavy atom. The number of hydrogen-bond donors (Lipinski definition) is 0. The Morgan fingerprint density at radius 1 is 1.00 bits per heavy atom. The molecule has 0 fully saturated rings. The molecule has 1 aliphatic heterocycles. The van der Waals surface area contributed by atoms with Crippen LogP contribution in [0.15, 0.2) is 24.3 Å². The van der Waals surface area contributed by atoms with Gasteiger partial charge in [-0.15, -0.1) is 0 Å². The van der Waals surface area contributed by atoms with Gasteiger partial charge in [0.15, 0.2) is 0 Å². The lowest BCUT2D eigenvalue weighted by atomic mass is 9.97. The molecule has 0 aromatic heterocycles. The van der Waals surface area contributed by atoms with Crippen LogP contribution >= 0.6 is 0 Å². The average Bonchev–Trinajstić information content (AvgIpc) is 2.78. The molecule has 3 nitrogen and oxygen atoms in total. The number of hydrogen-bond acceptors (Lipinski definition) is 3. The van der Waals surface area contributed by atoms with E-state index in [1.807, 2.05) is 12.1 Å². The summed E-state index contributed by atoms with van der Waals surface area (Å²) in [4.78, 5) is 4.56. The molecule has 3 rings (SSSR count). The number of benzene rings is 2. The highest BCUT2D eigenvalue weighted by atomic mass is 15.4. The fraction of sp³-hybridized carbons (Fsp3) is 0.350. The minimum Gasteiger partial charge on any atom is -0.351 e. The molecule has 0 aliphatic carbocycles. The van der Waals surface area contributed by atoms with Crippen molar-refractivity contribution in [2.75, 3.05) is 16.8 Å². The first-order chi connectivity index (χ1) is 10.9. The van der Waals surface area contributed by atoms with Crippen molar-refractivity contribution >= 4 is 17.1 Å². The van der Waals surface area contributed by atoms with E-state index in [1.165, 1.54) is 27.9 Å². The van der Waals surface area contributed by atoms with Gasteiger partial charge in [-0.2, -0.15) is 5.26 Å². The van der Waals surface area contributed by atoms with Crippen molar-refractivity contribution in [2.45, 2.75) is 40.8 Å². The summed E-state index contributed by atoms with van der Waals surface area (Å²) in [6.07, 6.45) is 0.180. The lowest BCUT2D eigenvalue weighted by Gasteiger charge is -2.31. The molecule has 2 aromatic rings. The molecule has 0 amide bonds. The molecule has 0 saturated heterocycles. The second-order valence-electron chi connectivity index (χ2n) is 6.51. The van der Waals surface area contributed by atoms with Gasteiger partial charge in [0.1, 0.15) is 12.2 Å². The number of anilines is 3. The van der Waals surface area contributed by atoms with Crippen molar-refractivity contribution in [3.63, 3.8) is 0 Å². The van der Waals surface area contributed by atoms with Crippen LogP contribution in [0.4, 0.5) is 17.1 Å². The van der Waals surface area contributed by atoms with Crippen LogP contribution in [0.1, 0.15) is 34.7 Å². The Labute approximate surface area is 138 Å². The Balaban J connectivity index is 2.29. The number of nitrogens with zero attached hydrogens (tertiary/aromatic N) is 3. The minimum atomic E-state index is 0.180. The number of nitriles is 1. The van der Waals surface area contributed by atoms with Gasteiger partial charge in [-0.25, -0.2) is 0 Å². The Kier molecular flexibility index (Phi) is 3.56. The zero-order chi connectivity index (χ0) is 16.9. The maximum Gasteiger partial charge on any atom is 0.103 e. The molecule has 1 heterocycles. The van der Waals surface area contributed by atoms with E-state index in [-0.39, 0.29) is 6.17 Å². The highest BCUT2D eigenvalue weighted by Gasteiger charge is 2.35. The lowest BCUT2D eigenvalue weighted by molar-refractivity contribution is 0.730. The number of para-hydroxylation sites is 1. The molecule has 0 bridgehead atoms. The molecule has 1 aliphatic rings. The Bertz CT molecular complexity index is 830. The molecule has 23 heavy (non-hydrogen) atoms. The maximum atomic E-state index is 9.46. The van der Waals surface area contributed by atoms with E-state index in [1.54, 1.807) is 0 Å². The van der Waals surface area contributed by atoms with Gasteiger partial charge < -0.3 is 9.80 Å². The van der Waals surface area contributed by atoms with E-state index < -0.39 is 0 Å². The molecule has 118 valence electrons. The van der Waals surface area contributed by atoms with Crippen molar-refractivity contribution in [3.05, 3.63) is 52.1 Å². The first kappa shape index (κ1) is 15.4. The van der Waals surface area contributed by atoms with Crippen molar-refractivity contribution in [3.8, 4) is 6.07 Å². The first-order valence-electron chi connectivity index (χ1n) is 8.01. The van der Waals surface area contributed by atoms with Gasteiger partial charge >= 0.3 is 0 Å². The molecule has 0 saturated carbocycles. The van der Waals surface area contributed by atoms with E-state index in [0.29, 0.717) is 0 Å². The first-order valence-corrected chi connectivity index (χ1v) is 8.01. The van der Waals surface area contributed by atoms with Gasteiger partial charge in [-0.05, 0) is 69.0 Å². The summed E-state index contributed by atoms with van der Waals surface area (Å²) in [5.74, 6) is 0. The zero-order valence-electron chi connectivity index (χ0n) is 14.7. The Morgan fingerprint density at radius 2 is 1.70 bits per heavy atom. The van der Waals surface area contributed by atoms with Crippen LogP contribution in [0.25, 0.3) is 0 Å². The van der Waals surface area contributed by atoms with E-state index >= 15 is 0 Å². The standard InChI is InChI=1S/C20H23N3/c1-12-10-13(2)19(15(4)14(12)3)23-16(5)22(6)20-17(11-21)8-7-9-18(20)23/h7-10,16H,1-6H3/t16-/m0/s1. The summed E-state index contributed by atoms with van der Waals surface area (Å²) in [6.45, 7) is 10.9. The van der Waals surface area contributed by atoms with Crippen molar-refractivity contribution in [1.82, 2.24) is 0 Å². The fourth-order valence-corrected chi connectivity index (χ4v) is 3.70. The van der Waals surface area contributed by atoms with E-state index in [4.69, 9.17) is 0 Å². The summed E-state index contributed by atoms with van der Waals surface area (Å²) in [7, 11) is 2.07. The van der Waals surface area contributed by atoms with Crippen LogP contribution in [0.2, 0.25) is 0 Å². The largest absolute Gasteiger partial charge is 0.351 e. The molecule has 0 unspecified atom stereocenters. The van der Waals surface area contributed by atoms with Gasteiger partial charge in [-0.3, -0.25) is 0 Å². The molecule has 0 N–H and O–H groups in total. The minimum absolute atomic E-state index is 0.180. The molecule has 2 aromatic carbocycles. The quantitative estimate of drug-likeness (QED) is 0.763. The summed E-state index contributed by atoms with van der Waals surface area (Å²) >= 11 is 0. The third-order valence-electron chi connectivity index (χ3n) is 5.24. The summed E-state index contributed by atoms with van der Waals surface area (Å²) in [5, 5.41) is 9.46. The zero-order valence-corrected chi connectivity index (χ0v) is 14.7. The maximum absolute atomic E-state index is 9.46. The summed E-state index contributed by atoms with van der Waals surface area (Å²) in [5.41, 5.74) is 9.41. The molecule has 0 spiro atoms. The predicted molar refractivity (Wildman–Crippen MR) is 96.6 cm³/mol. The van der Waals surface area contributed by atoms with Crippen molar-refractivity contribution in [2.24, 2.45) is 0 Å². The van der Waals surface area contributed by atoms with Crippen LogP contribution < -0.4 is 9.80 Å². The smallest absolute Gasteiger partial charge is 0.103 e. The second-order valence-corrected chi connectivity index (χ2v) is 6.51. The van der Waals surface area contributed by atoms with Gasteiger partial charge in [0.05, 0.1) is 16.9 Å². The molecule has 0 radical (unpaired) electrons. The summed E-state index contributed by atoms with van der Waals surface area (Å²) < 4.78 is 0. The highest BCUT2D eigenvalue weighted by molar-refractivity contribution is 5.89. The van der Waals surface area contributed by atoms with Crippen LogP contribution in [-0.2, 0) is 0 Å². The highest BCUT2D eigenvalue weighted by Crippen LogP contribution is 2.47. The van der Waals surface area contributed by atoms with Crippen molar-refractivity contribution in [1.29, 1.82) is 5.26 Å². The van der Waals surface area contributed by atoms with Crippen LogP contribution in [0.5, 0.6) is 0 Å². The SMILES string of the molecule is Cc1cc(C)c(N2c3cccc(C#N)c3N(C)[C@@H]2C)c(C)c1C. The van der Waals surface area contributed by atoms with E-state index in [0.717, 1.165) is 16.9 Å². The van der Waals surface area contributed by atoms with Gasteiger partial charge in [0, 0.05) is 12.7 Å². The predicted octanol–water partition coefficient (Wildman–Crippen LogP) is 4.73. The van der Waals surface area contributed by atoms with Crippen LogP contribution in [0, 0.1) is 39.0 Å². The average molecular weight is 305 g/mol. The number of rotatable bonds is 1.